The lowest BCUT2D eigenvalue weighted by Gasteiger charge is -2.40. The molecule has 0 radical (unpaired) electrons. The van der Waals surface area contributed by atoms with Gasteiger partial charge >= 0.3 is 5.97 Å². The number of hydrogen-bond acceptors (Lipinski definition) is 9. The summed E-state index contributed by atoms with van der Waals surface area (Å²) in [6, 6.07) is 13.1. The van der Waals surface area contributed by atoms with Crippen LogP contribution >= 0.6 is 23.8 Å². The Bertz CT molecular complexity index is 1560. The minimum absolute atomic E-state index is 0.0604. The van der Waals surface area contributed by atoms with E-state index in [1.165, 1.54) is 14.2 Å². The second-order valence-corrected chi connectivity index (χ2v) is 10.7. The number of nitrogens with one attached hydrogen (secondary N) is 2. The molecule has 1 amide bonds. The number of amides is 1. The molecule has 0 unspecified atom stereocenters. The number of phenols is 1. The highest BCUT2D eigenvalue weighted by Gasteiger charge is 2.53. The zero-order chi connectivity index (χ0) is 28.8. The van der Waals surface area contributed by atoms with Gasteiger partial charge in [-0.1, -0.05) is 17.7 Å². The third-order valence-corrected chi connectivity index (χ3v) is 8.10. The van der Waals surface area contributed by atoms with Crippen LogP contribution in [0.5, 0.6) is 28.7 Å². The van der Waals surface area contributed by atoms with Gasteiger partial charge in [0.1, 0.15) is 0 Å². The molecule has 10 nitrogen and oxygen atoms in total. The summed E-state index contributed by atoms with van der Waals surface area (Å²) in [5, 5.41) is 17.0. The zero-order valence-electron chi connectivity index (χ0n) is 21.9. The number of carbonyl (C=O) groups is 2. The molecule has 1 saturated heterocycles. The first kappa shape index (κ1) is 27.0. The topological polar surface area (TPSA) is 125 Å². The smallest absolute Gasteiger partial charge is 0.310 e. The maximum Gasteiger partial charge on any atom is 0.310 e. The molecule has 4 atom stereocenters. The highest BCUT2D eigenvalue weighted by molar-refractivity contribution is 7.80. The number of benzene rings is 3. The summed E-state index contributed by atoms with van der Waals surface area (Å²) in [4.78, 5) is 26.2. The number of aromatic hydroxyl groups is 1. The molecule has 1 fully saturated rings. The number of thiocarbonyl (C=S) groups is 1. The average molecular weight is 597 g/mol. The van der Waals surface area contributed by atoms with Crippen molar-refractivity contribution in [3.05, 3.63) is 75.8 Å². The van der Waals surface area contributed by atoms with E-state index in [1.54, 1.807) is 36.4 Å². The Hall–Kier alpha value is -4.22. The molecule has 1 aliphatic carbocycles. The molecule has 12 heteroatoms. The number of hydrogen-bond donors (Lipinski definition) is 3. The van der Waals surface area contributed by atoms with Gasteiger partial charge in [-0.25, -0.2) is 0 Å². The second kappa shape index (κ2) is 10.6. The predicted octanol–water partition coefficient (Wildman–Crippen LogP) is 4.07. The Morgan fingerprint density at radius 2 is 1.71 bits per heavy atom. The zero-order valence-corrected chi connectivity index (χ0v) is 23.5. The molecule has 2 heterocycles. The first-order chi connectivity index (χ1) is 19.8. The van der Waals surface area contributed by atoms with Crippen LogP contribution in [0.1, 0.15) is 39.0 Å². The average Bonchev–Trinajstić information content (AvgIpc) is 3.58. The number of ether oxygens (including phenoxy) is 5. The van der Waals surface area contributed by atoms with Crippen molar-refractivity contribution >= 4 is 40.8 Å². The number of fused-ring (bicyclic) bond motifs is 3. The van der Waals surface area contributed by atoms with Gasteiger partial charge in [0.25, 0.3) is 5.91 Å². The number of phenolic OH excluding ortho intramolecular Hbond substituents is 1. The Labute approximate surface area is 245 Å². The molecule has 3 aromatic rings. The van der Waals surface area contributed by atoms with Crippen molar-refractivity contribution in [2.75, 3.05) is 27.6 Å². The number of esters is 1. The van der Waals surface area contributed by atoms with Gasteiger partial charge in [-0.05, 0) is 71.4 Å². The molecule has 2 aliphatic heterocycles. The second-order valence-electron chi connectivity index (χ2n) is 9.82. The lowest BCUT2D eigenvalue weighted by atomic mass is 9.65. The monoisotopic (exact) mass is 596 g/mol. The third-order valence-electron chi connectivity index (χ3n) is 7.65. The van der Waals surface area contributed by atoms with Gasteiger partial charge in [0, 0.05) is 22.4 Å². The molecule has 3 aromatic carbocycles. The summed E-state index contributed by atoms with van der Waals surface area (Å²) in [5.74, 6) is -0.970. The molecular formula is C29H25ClN2O8S. The molecule has 0 bridgehead atoms. The van der Waals surface area contributed by atoms with E-state index in [4.69, 9.17) is 47.5 Å². The van der Waals surface area contributed by atoms with Crippen molar-refractivity contribution in [1.29, 1.82) is 0 Å². The summed E-state index contributed by atoms with van der Waals surface area (Å²) in [6.45, 7) is 0.188. The molecule has 41 heavy (non-hydrogen) atoms. The quantitative estimate of drug-likeness (QED) is 0.293. The molecule has 6 rings (SSSR count). The number of carbonyl (C=O) groups excluding carboxylic acids is 2. The van der Waals surface area contributed by atoms with Crippen LogP contribution in [-0.2, 0) is 9.53 Å². The molecule has 3 N–H and O–H groups in total. The van der Waals surface area contributed by atoms with Crippen molar-refractivity contribution in [2.45, 2.75) is 12.0 Å². The third kappa shape index (κ3) is 4.74. The van der Waals surface area contributed by atoms with Gasteiger partial charge in [-0.2, -0.15) is 0 Å². The van der Waals surface area contributed by atoms with Crippen LogP contribution in [0.15, 0.2) is 48.5 Å². The Morgan fingerprint density at radius 1 is 1.02 bits per heavy atom. The van der Waals surface area contributed by atoms with E-state index in [0.29, 0.717) is 27.6 Å². The highest BCUT2D eigenvalue weighted by atomic mass is 35.5. The summed E-state index contributed by atoms with van der Waals surface area (Å²) in [6.07, 6.45) is 0. The van der Waals surface area contributed by atoms with Gasteiger partial charge in [-0.15, -0.1) is 0 Å². The predicted molar refractivity (Wildman–Crippen MR) is 151 cm³/mol. The van der Waals surface area contributed by atoms with Crippen LogP contribution in [0.2, 0.25) is 5.02 Å². The fourth-order valence-electron chi connectivity index (χ4n) is 5.82. The van der Waals surface area contributed by atoms with Crippen LogP contribution in [0.4, 0.5) is 0 Å². The van der Waals surface area contributed by atoms with Crippen LogP contribution in [0.3, 0.4) is 0 Å². The largest absolute Gasteiger partial charge is 0.502 e. The molecule has 0 saturated carbocycles. The van der Waals surface area contributed by atoms with Crippen LogP contribution < -0.4 is 29.6 Å². The molecule has 0 aromatic heterocycles. The first-order valence-corrected chi connectivity index (χ1v) is 13.5. The Kier molecular flexibility index (Phi) is 7.00. The standard InChI is InChI=1S/C29H25ClN2O8S/c1-36-21-7-14(8-22(37-2)26(21)33)23-16-9-19-20(40-12-39-19)10-17(16)25(18-11-38-28(35)24(18)23)31-29(41)32-27(34)13-4-3-5-15(30)6-13/h3-10,18,23-25,33H,11-12H2,1-2H3,(H2,31,32,34,41)/t18-,23+,24-,25+/m0/s1. The SMILES string of the molecule is COc1cc([C@@H]2c3cc4c(cc3[C@@H](NC(=S)NC(=O)c3cccc(Cl)c3)[C@H]3COC(=O)[C@H]23)OCO4)cc(OC)c1O. The van der Waals surface area contributed by atoms with E-state index in [1.807, 2.05) is 12.1 Å². The first-order valence-electron chi connectivity index (χ1n) is 12.7. The van der Waals surface area contributed by atoms with Crippen molar-refractivity contribution in [1.82, 2.24) is 10.6 Å². The van der Waals surface area contributed by atoms with Gasteiger partial charge in [0.15, 0.2) is 28.1 Å². The van der Waals surface area contributed by atoms with Crippen LogP contribution in [-0.4, -0.2) is 49.7 Å². The van der Waals surface area contributed by atoms with Crippen LogP contribution in [0, 0.1) is 11.8 Å². The van der Waals surface area contributed by atoms with E-state index in [0.717, 1.165) is 11.1 Å². The van der Waals surface area contributed by atoms with Crippen molar-refractivity contribution in [2.24, 2.45) is 11.8 Å². The highest BCUT2D eigenvalue weighted by Crippen LogP contribution is 2.55. The number of halogens is 1. The molecular weight excluding hydrogens is 572 g/mol. The molecule has 3 aliphatic rings. The minimum atomic E-state index is -0.634. The van der Waals surface area contributed by atoms with E-state index < -0.39 is 23.8 Å². The Balaban J connectivity index is 1.42. The number of methoxy groups -OCH3 is 2. The fourth-order valence-corrected chi connectivity index (χ4v) is 6.23. The van der Waals surface area contributed by atoms with Crippen LogP contribution in [0.25, 0.3) is 0 Å². The summed E-state index contributed by atoms with van der Waals surface area (Å²) in [7, 11) is 2.88. The van der Waals surface area contributed by atoms with Crippen molar-refractivity contribution in [3.63, 3.8) is 0 Å². The minimum Gasteiger partial charge on any atom is -0.502 e. The summed E-state index contributed by atoms with van der Waals surface area (Å²) in [5.41, 5.74) is 2.59. The van der Waals surface area contributed by atoms with Crippen molar-refractivity contribution < 1.29 is 38.4 Å². The Morgan fingerprint density at radius 3 is 2.37 bits per heavy atom. The van der Waals surface area contributed by atoms with Gasteiger partial charge in [0.05, 0.1) is 32.8 Å². The number of rotatable bonds is 5. The normalized spacial score (nSPS) is 21.8. The van der Waals surface area contributed by atoms with Gasteiger partial charge < -0.3 is 34.1 Å². The van der Waals surface area contributed by atoms with Gasteiger partial charge in [-0.3, -0.25) is 14.9 Å². The fraction of sp³-hybridized carbons (Fsp3) is 0.276. The maximum absolute atomic E-state index is 13.3. The van der Waals surface area contributed by atoms with E-state index in [2.05, 4.69) is 10.6 Å². The lowest BCUT2D eigenvalue weighted by Crippen LogP contribution is -2.47. The summed E-state index contributed by atoms with van der Waals surface area (Å²) >= 11 is 11.6. The van der Waals surface area contributed by atoms with E-state index in [-0.39, 0.29) is 47.6 Å². The van der Waals surface area contributed by atoms with E-state index in [9.17, 15) is 14.7 Å². The summed E-state index contributed by atoms with van der Waals surface area (Å²) < 4.78 is 27.8. The van der Waals surface area contributed by atoms with E-state index >= 15 is 0 Å². The maximum atomic E-state index is 13.3. The number of cyclic esters (lactones) is 1. The lowest BCUT2D eigenvalue weighted by molar-refractivity contribution is -0.141. The van der Waals surface area contributed by atoms with Gasteiger partial charge in [0.2, 0.25) is 12.5 Å². The molecule has 0 spiro atoms. The molecule has 212 valence electrons. The van der Waals surface area contributed by atoms with Crippen molar-refractivity contribution in [3.8, 4) is 28.7 Å².